The summed E-state index contributed by atoms with van der Waals surface area (Å²) in [5.74, 6) is 1.18. The van der Waals surface area contributed by atoms with Gasteiger partial charge in [0.25, 0.3) is 0 Å². The molecule has 8 heteroatoms. The Bertz CT molecular complexity index is 1130. The van der Waals surface area contributed by atoms with Crippen LogP contribution in [0.3, 0.4) is 0 Å². The van der Waals surface area contributed by atoms with E-state index in [1.807, 2.05) is 48.7 Å². The second kappa shape index (κ2) is 10.9. The van der Waals surface area contributed by atoms with Crippen molar-refractivity contribution < 1.29 is 18.8 Å². The van der Waals surface area contributed by atoms with Crippen LogP contribution in [-0.4, -0.2) is 40.9 Å². The van der Waals surface area contributed by atoms with Crippen molar-refractivity contribution >= 4 is 18.7 Å². The number of carbonyl (C=O) groups is 1. The molecular formula is C28H36BN3O4. The van der Waals surface area contributed by atoms with E-state index in [-0.39, 0.29) is 30.8 Å². The minimum absolute atomic E-state index is 0.241. The zero-order valence-corrected chi connectivity index (χ0v) is 21.8. The van der Waals surface area contributed by atoms with Gasteiger partial charge in [-0.2, -0.15) is 0 Å². The largest absolute Gasteiger partial charge is 0.494 e. The summed E-state index contributed by atoms with van der Waals surface area (Å²) in [6, 6.07) is 17.9. The third-order valence-electron chi connectivity index (χ3n) is 7.11. The molecule has 4 rings (SSSR count). The van der Waals surface area contributed by atoms with Gasteiger partial charge in [-0.3, -0.25) is 0 Å². The molecule has 3 aromatic rings. The minimum Gasteiger partial charge on any atom is -0.445 e. The van der Waals surface area contributed by atoms with E-state index < -0.39 is 6.09 Å². The van der Waals surface area contributed by atoms with Gasteiger partial charge in [0.15, 0.2) is 0 Å². The number of ether oxygens (including phenoxy) is 1. The Labute approximate surface area is 214 Å². The molecule has 1 aliphatic heterocycles. The molecule has 2 aromatic carbocycles. The van der Waals surface area contributed by atoms with Crippen molar-refractivity contribution in [3.05, 3.63) is 72.2 Å². The van der Waals surface area contributed by atoms with Gasteiger partial charge in [-0.1, -0.05) is 61.5 Å². The summed E-state index contributed by atoms with van der Waals surface area (Å²) in [7, 11) is -0.370. The normalized spacial score (nSPS) is 17.1. The molecule has 2 N–H and O–H groups in total. The number of aromatic nitrogens is 2. The summed E-state index contributed by atoms with van der Waals surface area (Å²) < 4.78 is 17.5. The number of hydrogen-bond donors (Lipinski definition) is 2. The second-order valence-electron chi connectivity index (χ2n) is 10.4. The maximum Gasteiger partial charge on any atom is 0.494 e. The van der Waals surface area contributed by atoms with Crippen LogP contribution in [0.25, 0.3) is 11.3 Å². The lowest BCUT2D eigenvalue weighted by atomic mass is 9.79. The number of imidazole rings is 1. The third-order valence-corrected chi connectivity index (χ3v) is 7.11. The van der Waals surface area contributed by atoms with E-state index in [9.17, 15) is 4.79 Å². The molecule has 0 spiro atoms. The Hall–Kier alpha value is -3.10. The van der Waals surface area contributed by atoms with Crippen molar-refractivity contribution in [1.82, 2.24) is 15.3 Å². The Morgan fingerprint density at radius 2 is 1.72 bits per heavy atom. The van der Waals surface area contributed by atoms with Crippen molar-refractivity contribution in [2.45, 2.75) is 71.2 Å². The Morgan fingerprint density at radius 3 is 2.39 bits per heavy atom. The van der Waals surface area contributed by atoms with Gasteiger partial charge in [-0.25, -0.2) is 9.78 Å². The molecular weight excluding hydrogens is 453 g/mol. The van der Waals surface area contributed by atoms with Crippen molar-refractivity contribution in [3.8, 4) is 11.3 Å². The lowest BCUT2D eigenvalue weighted by Gasteiger charge is -2.32. The molecule has 7 nitrogen and oxygen atoms in total. The first-order valence-corrected chi connectivity index (χ1v) is 12.6. The number of alkyl carbamates (subject to hydrolysis) is 1. The van der Waals surface area contributed by atoms with E-state index in [4.69, 9.17) is 14.0 Å². The van der Waals surface area contributed by atoms with Gasteiger partial charge in [0.05, 0.1) is 23.1 Å². The average molecular weight is 489 g/mol. The van der Waals surface area contributed by atoms with Crippen LogP contribution in [-0.2, 0) is 20.7 Å². The minimum atomic E-state index is -0.393. The van der Waals surface area contributed by atoms with E-state index in [0.29, 0.717) is 6.54 Å². The Kier molecular flexibility index (Phi) is 7.86. The number of benzene rings is 2. The fourth-order valence-electron chi connectivity index (χ4n) is 4.04. The number of H-pyrrole nitrogens is 1. The SMILES string of the molecule is C[C@@H](CCCNC(=O)OCc1ccccc1)c1ncc(-c2ccc(B3OC(C)(C)C(C)(C)O3)cc2)[nH]1. The summed E-state index contributed by atoms with van der Waals surface area (Å²) in [4.78, 5) is 19.9. The summed E-state index contributed by atoms with van der Waals surface area (Å²) in [6.07, 6.45) is 3.21. The summed E-state index contributed by atoms with van der Waals surface area (Å²) in [5, 5.41) is 2.82. The topological polar surface area (TPSA) is 85.5 Å². The fourth-order valence-corrected chi connectivity index (χ4v) is 4.04. The highest BCUT2D eigenvalue weighted by Gasteiger charge is 2.51. The van der Waals surface area contributed by atoms with Gasteiger partial charge < -0.3 is 24.3 Å². The molecule has 0 bridgehead atoms. The van der Waals surface area contributed by atoms with Crippen LogP contribution >= 0.6 is 0 Å². The van der Waals surface area contributed by atoms with Gasteiger partial charge in [-0.15, -0.1) is 0 Å². The summed E-state index contributed by atoms with van der Waals surface area (Å²) >= 11 is 0. The van der Waals surface area contributed by atoms with Gasteiger partial charge in [-0.05, 0) is 57.1 Å². The van der Waals surface area contributed by atoms with E-state index in [1.54, 1.807) is 0 Å². The number of rotatable bonds is 9. The molecule has 190 valence electrons. The lowest BCUT2D eigenvalue weighted by Crippen LogP contribution is -2.41. The molecule has 1 saturated heterocycles. The maximum absolute atomic E-state index is 11.9. The molecule has 1 amide bonds. The fraction of sp³-hybridized carbons (Fsp3) is 0.429. The number of aromatic amines is 1. The number of nitrogens with zero attached hydrogens (tertiary/aromatic N) is 1. The number of amides is 1. The van der Waals surface area contributed by atoms with Crippen molar-refractivity contribution in [1.29, 1.82) is 0 Å². The molecule has 0 radical (unpaired) electrons. The number of nitrogens with one attached hydrogen (secondary N) is 2. The predicted octanol–water partition coefficient (Wildman–Crippen LogP) is 5.19. The van der Waals surface area contributed by atoms with Crippen LogP contribution in [0, 0.1) is 0 Å². The molecule has 0 saturated carbocycles. The molecule has 0 unspecified atom stereocenters. The highest BCUT2D eigenvalue weighted by Crippen LogP contribution is 2.36. The maximum atomic E-state index is 11.9. The second-order valence-corrected chi connectivity index (χ2v) is 10.4. The molecule has 1 fully saturated rings. The molecule has 1 aromatic heterocycles. The zero-order chi connectivity index (χ0) is 25.8. The third kappa shape index (κ3) is 6.17. The smallest absolute Gasteiger partial charge is 0.445 e. The highest BCUT2D eigenvalue weighted by molar-refractivity contribution is 6.62. The molecule has 0 aliphatic carbocycles. The van der Waals surface area contributed by atoms with Crippen LogP contribution in [0.5, 0.6) is 0 Å². The van der Waals surface area contributed by atoms with Gasteiger partial charge in [0.1, 0.15) is 12.4 Å². The van der Waals surface area contributed by atoms with Gasteiger partial charge in [0.2, 0.25) is 0 Å². The van der Waals surface area contributed by atoms with Gasteiger partial charge >= 0.3 is 13.2 Å². The monoisotopic (exact) mass is 489 g/mol. The van der Waals surface area contributed by atoms with Crippen LogP contribution in [0.15, 0.2) is 60.8 Å². The summed E-state index contributed by atoms with van der Waals surface area (Å²) in [6.45, 7) is 11.2. The van der Waals surface area contributed by atoms with Crippen LogP contribution in [0.2, 0.25) is 0 Å². The van der Waals surface area contributed by atoms with Crippen molar-refractivity contribution in [2.24, 2.45) is 0 Å². The van der Waals surface area contributed by atoms with E-state index in [1.165, 1.54) is 0 Å². The molecule has 1 atom stereocenters. The van der Waals surface area contributed by atoms with Gasteiger partial charge in [0, 0.05) is 12.5 Å². The van der Waals surface area contributed by atoms with Crippen molar-refractivity contribution in [3.63, 3.8) is 0 Å². The molecule has 1 aliphatic rings. The standard InChI is InChI=1S/C28H36BN3O4/c1-20(10-9-17-30-26(33)34-19-21-11-7-6-8-12-21)25-31-18-24(32-25)22-13-15-23(16-14-22)29-35-27(2,3)28(4,5)36-29/h6-8,11-16,18,20H,9-10,17,19H2,1-5H3,(H,30,33)(H,31,32)/t20-/m0/s1. The Balaban J connectivity index is 1.23. The van der Waals surface area contributed by atoms with E-state index in [2.05, 4.69) is 62.0 Å². The van der Waals surface area contributed by atoms with Crippen molar-refractivity contribution in [2.75, 3.05) is 6.54 Å². The Morgan fingerprint density at radius 1 is 1.06 bits per heavy atom. The molecule has 36 heavy (non-hydrogen) atoms. The highest BCUT2D eigenvalue weighted by atomic mass is 16.7. The number of carbonyl (C=O) groups excluding carboxylic acids is 1. The molecule has 2 heterocycles. The summed E-state index contributed by atoms with van der Waals surface area (Å²) in [5.41, 5.74) is 3.29. The predicted molar refractivity (Wildman–Crippen MR) is 142 cm³/mol. The zero-order valence-electron chi connectivity index (χ0n) is 21.8. The first-order valence-electron chi connectivity index (χ1n) is 12.6. The number of hydrogen-bond acceptors (Lipinski definition) is 5. The average Bonchev–Trinajstić information content (AvgIpc) is 3.43. The quantitative estimate of drug-likeness (QED) is 0.319. The van der Waals surface area contributed by atoms with Crippen LogP contribution < -0.4 is 10.8 Å². The van der Waals surface area contributed by atoms with E-state index >= 15 is 0 Å². The van der Waals surface area contributed by atoms with E-state index in [0.717, 1.165) is 40.9 Å². The first kappa shape index (κ1) is 26.0. The first-order chi connectivity index (χ1) is 17.1. The van der Waals surface area contributed by atoms with Crippen LogP contribution in [0.4, 0.5) is 4.79 Å². The lowest BCUT2D eigenvalue weighted by molar-refractivity contribution is 0.00578. The van der Waals surface area contributed by atoms with Crippen LogP contribution in [0.1, 0.15) is 64.8 Å².